The standard InChI is InChI=1S/C12H12N2O4S/c1-3-11-10(14(16)17)6-9(19-11)5-8(7-13)12(15)18-4-2/h5-6H,3-4H2,1-2H3. The first-order chi connectivity index (χ1) is 9.03. The number of hydrogen-bond donors (Lipinski definition) is 0. The Hall–Kier alpha value is -2.20. The molecule has 1 heterocycles. The Morgan fingerprint density at radius 1 is 1.63 bits per heavy atom. The zero-order valence-electron chi connectivity index (χ0n) is 10.5. The van der Waals surface area contributed by atoms with Gasteiger partial charge < -0.3 is 4.74 Å². The van der Waals surface area contributed by atoms with E-state index in [4.69, 9.17) is 10.00 Å². The first kappa shape index (κ1) is 14.9. The van der Waals surface area contributed by atoms with Crippen molar-refractivity contribution in [2.24, 2.45) is 0 Å². The Labute approximate surface area is 114 Å². The van der Waals surface area contributed by atoms with Crippen LogP contribution in [0.3, 0.4) is 0 Å². The highest BCUT2D eigenvalue weighted by Crippen LogP contribution is 2.31. The fourth-order valence-electron chi connectivity index (χ4n) is 1.41. The molecular formula is C12H12N2O4S. The third kappa shape index (κ3) is 3.63. The molecule has 0 N–H and O–H groups in total. The second-order valence-corrected chi connectivity index (χ2v) is 4.63. The summed E-state index contributed by atoms with van der Waals surface area (Å²) in [5.41, 5.74) is -0.152. The lowest BCUT2D eigenvalue weighted by Crippen LogP contribution is -2.05. The van der Waals surface area contributed by atoms with Crippen LogP contribution in [0.15, 0.2) is 11.6 Å². The largest absolute Gasteiger partial charge is 0.462 e. The van der Waals surface area contributed by atoms with Crippen LogP contribution >= 0.6 is 11.3 Å². The van der Waals surface area contributed by atoms with Gasteiger partial charge in [0.15, 0.2) is 0 Å². The van der Waals surface area contributed by atoms with Crippen LogP contribution in [0.4, 0.5) is 5.69 Å². The molecule has 0 bridgehead atoms. The molecule has 0 aliphatic heterocycles. The monoisotopic (exact) mass is 280 g/mol. The van der Waals surface area contributed by atoms with E-state index in [9.17, 15) is 14.9 Å². The summed E-state index contributed by atoms with van der Waals surface area (Å²) in [6, 6.07) is 3.10. The van der Waals surface area contributed by atoms with Crippen molar-refractivity contribution in [2.75, 3.05) is 6.61 Å². The molecule has 0 radical (unpaired) electrons. The molecule has 6 nitrogen and oxygen atoms in total. The second kappa shape index (κ2) is 6.66. The summed E-state index contributed by atoms with van der Waals surface area (Å²) < 4.78 is 4.72. The molecule has 0 spiro atoms. The van der Waals surface area contributed by atoms with Crippen LogP contribution in [0.25, 0.3) is 6.08 Å². The molecule has 0 aliphatic rings. The molecule has 0 saturated heterocycles. The van der Waals surface area contributed by atoms with Crippen molar-refractivity contribution >= 4 is 29.1 Å². The lowest BCUT2D eigenvalue weighted by molar-refractivity contribution is -0.385. The summed E-state index contributed by atoms with van der Waals surface area (Å²) in [4.78, 5) is 22.9. The molecule has 0 aliphatic carbocycles. The van der Waals surface area contributed by atoms with Gasteiger partial charge in [-0.2, -0.15) is 5.26 Å². The van der Waals surface area contributed by atoms with Gasteiger partial charge in [0.05, 0.1) is 16.4 Å². The van der Waals surface area contributed by atoms with Gasteiger partial charge in [-0.25, -0.2) is 4.79 Å². The number of carbonyl (C=O) groups excluding carboxylic acids is 1. The minimum atomic E-state index is -0.723. The molecule has 19 heavy (non-hydrogen) atoms. The zero-order chi connectivity index (χ0) is 14.4. The van der Waals surface area contributed by atoms with E-state index in [0.717, 1.165) is 0 Å². The Balaban J connectivity index is 3.13. The molecule has 100 valence electrons. The van der Waals surface area contributed by atoms with Crippen LogP contribution in [0, 0.1) is 21.4 Å². The van der Waals surface area contributed by atoms with Crippen molar-refractivity contribution in [3.8, 4) is 6.07 Å². The van der Waals surface area contributed by atoms with Gasteiger partial charge in [0.2, 0.25) is 0 Å². The van der Waals surface area contributed by atoms with Crippen LogP contribution in [-0.2, 0) is 16.0 Å². The summed E-state index contributed by atoms with van der Waals surface area (Å²) in [5.74, 6) is -0.723. The van der Waals surface area contributed by atoms with Gasteiger partial charge in [0.25, 0.3) is 5.69 Å². The lowest BCUT2D eigenvalue weighted by atomic mass is 10.2. The molecular weight excluding hydrogens is 268 g/mol. The number of thiophene rings is 1. The van der Waals surface area contributed by atoms with E-state index in [2.05, 4.69) is 0 Å². The van der Waals surface area contributed by atoms with E-state index in [1.54, 1.807) is 13.0 Å². The Morgan fingerprint density at radius 2 is 2.32 bits per heavy atom. The van der Waals surface area contributed by atoms with Gasteiger partial charge in [0, 0.05) is 10.9 Å². The molecule has 0 atom stereocenters. The maximum atomic E-state index is 11.4. The van der Waals surface area contributed by atoms with Crippen LogP contribution in [0.2, 0.25) is 0 Å². The molecule has 0 amide bonds. The number of nitriles is 1. The fourth-order valence-corrected chi connectivity index (χ4v) is 2.42. The van der Waals surface area contributed by atoms with E-state index in [0.29, 0.717) is 16.2 Å². The normalized spacial score (nSPS) is 10.9. The van der Waals surface area contributed by atoms with E-state index >= 15 is 0 Å². The third-order valence-corrected chi connectivity index (χ3v) is 3.44. The summed E-state index contributed by atoms with van der Waals surface area (Å²) in [7, 11) is 0. The minimum Gasteiger partial charge on any atom is -0.462 e. The average molecular weight is 280 g/mol. The predicted octanol–water partition coefficient (Wildman–Crippen LogP) is 2.69. The number of esters is 1. The van der Waals surface area contributed by atoms with E-state index in [1.807, 2.05) is 6.92 Å². The smallest absolute Gasteiger partial charge is 0.348 e. The summed E-state index contributed by atoms with van der Waals surface area (Å²) >= 11 is 1.19. The quantitative estimate of drug-likeness (QED) is 0.272. The van der Waals surface area contributed by atoms with Crippen molar-refractivity contribution in [1.82, 2.24) is 0 Å². The number of hydrogen-bond acceptors (Lipinski definition) is 6. The summed E-state index contributed by atoms with van der Waals surface area (Å²) in [6.45, 7) is 3.61. The van der Waals surface area contributed by atoms with Crippen LogP contribution in [-0.4, -0.2) is 17.5 Å². The Bertz CT molecular complexity index is 569. The highest BCUT2D eigenvalue weighted by Gasteiger charge is 2.18. The van der Waals surface area contributed by atoms with Crippen LogP contribution in [0.1, 0.15) is 23.6 Å². The zero-order valence-corrected chi connectivity index (χ0v) is 11.3. The SMILES string of the molecule is CCOC(=O)C(C#N)=Cc1cc([N+](=O)[O-])c(CC)s1. The van der Waals surface area contributed by atoms with Crippen molar-refractivity contribution in [2.45, 2.75) is 20.3 Å². The molecule has 0 fully saturated rings. The number of carbonyl (C=O) groups is 1. The molecule has 0 unspecified atom stereocenters. The topological polar surface area (TPSA) is 93.2 Å². The number of aryl methyl sites for hydroxylation is 1. The second-order valence-electron chi connectivity index (χ2n) is 3.46. The molecule has 7 heteroatoms. The molecule has 1 rings (SSSR count). The fraction of sp³-hybridized carbons (Fsp3) is 0.333. The third-order valence-electron chi connectivity index (χ3n) is 2.23. The molecule has 0 aromatic carbocycles. The number of nitrogens with zero attached hydrogens (tertiary/aromatic N) is 2. The number of nitro groups is 1. The Kier molecular flexibility index (Phi) is 5.21. The summed E-state index contributed by atoms with van der Waals surface area (Å²) in [6.07, 6.45) is 1.84. The minimum absolute atomic E-state index is 0.0138. The van der Waals surface area contributed by atoms with Crippen LogP contribution < -0.4 is 0 Å². The average Bonchev–Trinajstić information content (AvgIpc) is 2.79. The first-order valence-electron chi connectivity index (χ1n) is 5.59. The van der Waals surface area contributed by atoms with Gasteiger partial charge in [-0.3, -0.25) is 10.1 Å². The van der Waals surface area contributed by atoms with Crippen molar-refractivity contribution < 1.29 is 14.5 Å². The van der Waals surface area contributed by atoms with Crippen LogP contribution in [0.5, 0.6) is 0 Å². The molecule has 1 aromatic heterocycles. The Morgan fingerprint density at radius 3 is 2.74 bits per heavy atom. The van der Waals surface area contributed by atoms with E-state index < -0.39 is 10.9 Å². The van der Waals surface area contributed by atoms with Crippen molar-refractivity contribution in [3.05, 3.63) is 31.5 Å². The highest BCUT2D eigenvalue weighted by atomic mass is 32.1. The van der Waals surface area contributed by atoms with Gasteiger partial charge in [0.1, 0.15) is 11.6 Å². The maximum absolute atomic E-state index is 11.4. The predicted molar refractivity (Wildman–Crippen MR) is 70.6 cm³/mol. The highest BCUT2D eigenvalue weighted by molar-refractivity contribution is 7.13. The van der Waals surface area contributed by atoms with Crippen molar-refractivity contribution in [1.29, 1.82) is 5.26 Å². The van der Waals surface area contributed by atoms with Gasteiger partial charge in [-0.05, 0) is 19.4 Å². The van der Waals surface area contributed by atoms with Crippen molar-refractivity contribution in [3.63, 3.8) is 0 Å². The number of rotatable bonds is 5. The summed E-state index contributed by atoms with van der Waals surface area (Å²) in [5, 5.41) is 19.7. The molecule has 1 aromatic rings. The maximum Gasteiger partial charge on any atom is 0.348 e. The van der Waals surface area contributed by atoms with E-state index in [1.165, 1.54) is 23.5 Å². The van der Waals surface area contributed by atoms with Gasteiger partial charge in [-0.1, -0.05) is 6.92 Å². The first-order valence-corrected chi connectivity index (χ1v) is 6.41. The van der Waals surface area contributed by atoms with Gasteiger partial charge in [-0.15, -0.1) is 11.3 Å². The van der Waals surface area contributed by atoms with E-state index in [-0.39, 0.29) is 17.9 Å². The lowest BCUT2D eigenvalue weighted by Gasteiger charge is -1.97. The number of ether oxygens (including phenoxy) is 1. The molecule has 0 saturated carbocycles. The van der Waals surface area contributed by atoms with Gasteiger partial charge >= 0.3 is 5.97 Å².